The van der Waals surface area contributed by atoms with Gasteiger partial charge < -0.3 is 9.47 Å². The highest BCUT2D eigenvalue weighted by Crippen LogP contribution is 2.65. The molecule has 60 heavy (non-hydrogen) atoms. The van der Waals surface area contributed by atoms with E-state index in [9.17, 15) is 147 Å². The molecule has 36 heteroatoms. The molecular formula is C24H9F30NO5. The molecule has 0 saturated carbocycles. The minimum atomic E-state index is -9.16. The predicted molar refractivity (Wildman–Crippen MR) is 125 cm³/mol. The molecule has 0 bridgehead atoms. The average Bonchev–Trinajstić information content (AvgIpc) is 3.02. The van der Waals surface area contributed by atoms with E-state index in [1.807, 2.05) is 0 Å². The van der Waals surface area contributed by atoms with Gasteiger partial charge in [0.25, 0.3) is 5.69 Å². The average molecular weight is 961 g/mol. The molecule has 0 spiro atoms. The molecule has 0 aliphatic heterocycles. The Kier molecular flexibility index (Phi) is 12.9. The fourth-order valence-corrected chi connectivity index (χ4v) is 3.68. The highest BCUT2D eigenvalue weighted by Gasteiger charge is 2.96. The van der Waals surface area contributed by atoms with E-state index in [1.54, 1.807) is 0 Å². The summed E-state index contributed by atoms with van der Waals surface area (Å²) in [5, 5.41) is 11.4. The number of halogens is 30. The summed E-state index contributed by atoms with van der Waals surface area (Å²) in [5.74, 6) is -101. The highest BCUT2D eigenvalue weighted by molar-refractivity contribution is 6.01. The Balaban J connectivity index is 4.29. The zero-order valence-corrected chi connectivity index (χ0v) is 27.1. The summed E-state index contributed by atoms with van der Waals surface area (Å²) < 4.78 is 413. The molecule has 0 aromatic heterocycles. The predicted octanol–water partition coefficient (Wildman–Crippen LogP) is 11.9. The summed E-state index contributed by atoms with van der Waals surface area (Å²) >= 11 is 0. The topological polar surface area (TPSA) is 78.7 Å². The third kappa shape index (κ3) is 7.46. The number of hydrogen-bond donors (Lipinski definition) is 0. The normalized spacial score (nSPS) is 15.7. The van der Waals surface area contributed by atoms with Crippen molar-refractivity contribution in [3.05, 3.63) is 27.8 Å². The standard InChI is InChI=1S/C24H9F30NO5/c1-5(2)10(56)6-3-8(59-23(51,52)19(41,42)15(33,34)11(25,26)13(29,30)17(37,38)21(45,46)47)9(4-7(6)55(57)58)60-24(53,54)20(43,44)16(35,36)12(27,28)14(31,32)18(39,40)22(48,49)50/h3-5H,1-2H3. The van der Waals surface area contributed by atoms with Crippen LogP contribution in [0.25, 0.3) is 0 Å². The molecule has 0 aliphatic carbocycles. The van der Waals surface area contributed by atoms with Crippen molar-refractivity contribution in [2.45, 2.75) is 97.6 Å². The first-order valence-corrected chi connectivity index (χ1v) is 13.6. The van der Waals surface area contributed by atoms with E-state index in [4.69, 9.17) is 0 Å². The van der Waals surface area contributed by atoms with E-state index in [0.29, 0.717) is 13.8 Å². The maximum atomic E-state index is 14.6. The molecule has 0 heterocycles. The number of Topliss-reactive ketones (excluding diaryl/α,β-unsaturated/α-hetero) is 1. The SMILES string of the molecule is CC(C)C(=O)c1cc(OC(F)(F)C(F)(F)C(F)(F)C(F)(F)C(F)(F)C(F)(F)C(F)(F)F)c(OC(F)(F)C(F)(F)C(F)(F)C(F)(F)C(F)(F)C(F)(F)C(F)(F)F)cc1[N+](=O)[O-]. The molecule has 0 fully saturated rings. The number of carbonyl (C=O) groups is 1. The molecule has 0 saturated heterocycles. The van der Waals surface area contributed by atoms with Gasteiger partial charge in [0.05, 0.1) is 16.6 Å². The number of nitro benzene ring substituents is 1. The lowest BCUT2D eigenvalue weighted by atomic mass is 9.93. The van der Waals surface area contributed by atoms with Crippen LogP contribution in [0.4, 0.5) is 137 Å². The van der Waals surface area contributed by atoms with Crippen molar-refractivity contribution < 1.29 is 151 Å². The summed E-state index contributed by atoms with van der Waals surface area (Å²) in [6.45, 7) is 1.10. The monoisotopic (exact) mass is 961 g/mol. The number of rotatable bonds is 17. The Bertz CT molecular complexity index is 1790. The number of ether oxygens (including phenoxy) is 2. The number of ketones is 1. The molecule has 350 valence electrons. The van der Waals surface area contributed by atoms with Gasteiger partial charge in [-0.25, -0.2) is 0 Å². The fourth-order valence-electron chi connectivity index (χ4n) is 3.68. The lowest BCUT2D eigenvalue weighted by Gasteiger charge is -2.41. The second-order valence-corrected chi connectivity index (χ2v) is 11.6. The van der Waals surface area contributed by atoms with Crippen molar-refractivity contribution in [1.82, 2.24) is 0 Å². The molecule has 1 aromatic rings. The first-order chi connectivity index (χ1) is 25.7. The Hall–Kier alpha value is -4.21. The molecule has 0 atom stereocenters. The summed E-state index contributed by atoms with van der Waals surface area (Å²) in [6, 6.07) is -2.81. The number of alkyl halides is 30. The molecule has 0 aliphatic rings. The van der Waals surface area contributed by atoms with Crippen molar-refractivity contribution in [2.75, 3.05) is 0 Å². The van der Waals surface area contributed by atoms with Crippen LogP contribution in [0.1, 0.15) is 24.2 Å². The second kappa shape index (κ2) is 14.4. The summed E-state index contributed by atoms with van der Waals surface area (Å²) in [5.41, 5.74) is -4.74. The van der Waals surface area contributed by atoms with Crippen molar-refractivity contribution in [1.29, 1.82) is 0 Å². The third-order valence-corrected chi connectivity index (χ3v) is 7.12. The molecule has 1 rings (SSSR count). The molecule has 1 aromatic carbocycles. The largest absolute Gasteiger partial charge is 0.471 e. The van der Waals surface area contributed by atoms with Gasteiger partial charge in [-0.15, -0.1) is 0 Å². The zero-order valence-electron chi connectivity index (χ0n) is 27.1. The van der Waals surface area contributed by atoms with Crippen molar-refractivity contribution in [3.8, 4) is 11.5 Å². The number of nitro groups is 1. The zero-order chi connectivity index (χ0) is 48.9. The van der Waals surface area contributed by atoms with Crippen molar-refractivity contribution in [2.24, 2.45) is 5.92 Å². The van der Waals surface area contributed by atoms with Gasteiger partial charge in [0.1, 0.15) is 0 Å². The number of benzene rings is 1. The number of carbonyl (C=O) groups excluding carboxylic acids is 1. The Morgan fingerprint density at radius 1 is 0.450 bits per heavy atom. The molecule has 0 unspecified atom stereocenters. The lowest BCUT2D eigenvalue weighted by Crippen LogP contribution is -2.73. The number of hydrogen-bond acceptors (Lipinski definition) is 5. The van der Waals surface area contributed by atoms with E-state index in [-0.39, 0.29) is 0 Å². The first-order valence-electron chi connectivity index (χ1n) is 13.6. The minimum absolute atomic E-state index is 0.550. The van der Waals surface area contributed by atoms with Crippen LogP contribution in [0.5, 0.6) is 11.5 Å². The maximum Gasteiger partial charge on any atom is 0.471 e. The molecule has 0 N–H and O–H groups in total. The highest BCUT2D eigenvalue weighted by atomic mass is 19.4. The first kappa shape index (κ1) is 53.8. The van der Waals surface area contributed by atoms with Gasteiger partial charge in [0.2, 0.25) is 0 Å². The van der Waals surface area contributed by atoms with Crippen LogP contribution in [0.2, 0.25) is 0 Å². The molecule has 6 nitrogen and oxygen atoms in total. The van der Waals surface area contributed by atoms with Crippen molar-refractivity contribution >= 4 is 11.5 Å². The van der Waals surface area contributed by atoms with Crippen LogP contribution in [-0.2, 0) is 0 Å². The van der Waals surface area contributed by atoms with E-state index in [1.165, 1.54) is 0 Å². The van der Waals surface area contributed by atoms with E-state index in [0.717, 1.165) is 0 Å². The quantitative estimate of drug-likeness (QED) is 0.0673. The van der Waals surface area contributed by atoms with Crippen molar-refractivity contribution in [3.63, 3.8) is 0 Å². The van der Waals surface area contributed by atoms with Gasteiger partial charge in [-0.05, 0) is 0 Å². The molecule has 0 radical (unpaired) electrons. The summed E-state index contributed by atoms with van der Waals surface area (Å²) in [7, 11) is 0. The lowest BCUT2D eigenvalue weighted by molar-refractivity contribution is -0.466. The molecular weight excluding hydrogens is 952 g/mol. The summed E-state index contributed by atoms with van der Waals surface area (Å²) in [4.78, 5) is 21.5. The fraction of sp³-hybridized carbons (Fsp3) is 0.708. The van der Waals surface area contributed by atoms with Gasteiger partial charge in [0.15, 0.2) is 17.3 Å². The van der Waals surface area contributed by atoms with Crippen LogP contribution in [-0.4, -0.2) is 94.5 Å². The summed E-state index contributed by atoms with van der Waals surface area (Å²) in [6.07, 6.45) is -32.9. The second-order valence-electron chi connectivity index (χ2n) is 11.6. The van der Waals surface area contributed by atoms with Gasteiger partial charge >= 0.3 is 83.8 Å². The minimum Gasteiger partial charge on any atom is -0.424 e. The van der Waals surface area contributed by atoms with E-state index < -0.39 is 135 Å². The van der Waals surface area contributed by atoms with Gasteiger partial charge in [-0.2, -0.15) is 132 Å². The third-order valence-electron chi connectivity index (χ3n) is 7.12. The van der Waals surface area contributed by atoms with Crippen LogP contribution in [0.3, 0.4) is 0 Å². The van der Waals surface area contributed by atoms with Crippen LogP contribution in [0.15, 0.2) is 12.1 Å². The van der Waals surface area contributed by atoms with Crippen LogP contribution in [0, 0.1) is 16.0 Å². The van der Waals surface area contributed by atoms with Crippen LogP contribution < -0.4 is 9.47 Å². The van der Waals surface area contributed by atoms with E-state index in [2.05, 4.69) is 9.47 Å². The van der Waals surface area contributed by atoms with Gasteiger partial charge in [-0.1, -0.05) is 13.8 Å². The van der Waals surface area contributed by atoms with E-state index >= 15 is 0 Å². The van der Waals surface area contributed by atoms with Gasteiger partial charge in [-0.3, -0.25) is 14.9 Å². The Morgan fingerprint density at radius 2 is 0.683 bits per heavy atom. The Labute approximate surface area is 306 Å². The molecule has 0 amide bonds. The van der Waals surface area contributed by atoms with Gasteiger partial charge in [0, 0.05) is 12.0 Å². The Morgan fingerprint density at radius 3 is 0.917 bits per heavy atom. The van der Waals surface area contributed by atoms with Crippen LogP contribution >= 0.6 is 0 Å². The smallest absolute Gasteiger partial charge is 0.424 e. The maximum absolute atomic E-state index is 14.6. The number of nitrogens with zero attached hydrogens (tertiary/aromatic N) is 1.